The van der Waals surface area contributed by atoms with Crippen LogP contribution in [0.5, 0.6) is 0 Å². The number of rotatable bonds is 6. The minimum absolute atomic E-state index is 0.0643. The maximum absolute atomic E-state index is 12.7. The third kappa shape index (κ3) is 4.94. The molecule has 0 radical (unpaired) electrons. The van der Waals surface area contributed by atoms with Gasteiger partial charge in [-0.2, -0.15) is 0 Å². The number of nitro groups is 1. The average Bonchev–Trinajstić information content (AvgIpc) is 3.27. The van der Waals surface area contributed by atoms with Gasteiger partial charge in [0.1, 0.15) is 5.69 Å². The number of para-hydroxylation sites is 1. The first-order valence-electron chi connectivity index (χ1n) is 10.1. The zero-order chi connectivity index (χ0) is 21.7. The fraction of sp³-hybridized carbons (Fsp3) is 0.364. The van der Waals surface area contributed by atoms with Crippen molar-refractivity contribution in [2.75, 3.05) is 23.3 Å². The molecule has 1 atom stereocenters. The first-order chi connectivity index (χ1) is 14.4. The lowest BCUT2D eigenvalue weighted by Gasteiger charge is -2.18. The van der Waals surface area contributed by atoms with Crippen LogP contribution >= 0.6 is 12.2 Å². The number of benzene rings is 2. The molecule has 1 saturated heterocycles. The summed E-state index contributed by atoms with van der Waals surface area (Å²) in [4.78, 5) is 25.8. The van der Waals surface area contributed by atoms with Crippen molar-refractivity contribution in [1.82, 2.24) is 5.32 Å². The van der Waals surface area contributed by atoms with Gasteiger partial charge in [-0.25, -0.2) is 0 Å². The van der Waals surface area contributed by atoms with Gasteiger partial charge in [0.2, 0.25) is 0 Å². The quantitative estimate of drug-likeness (QED) is 0.391. The maximum Gasteiger partial charge on any atom is 0.293 e. The van der Waals surface area contributed by atoms with E-state index in [-0.39, 0.29) is 16.4 Å². The molecule has 1 amide bonds. The Morgan fingerprint density at radius 3 is 2.60 bits per heavy atom. The number of nitrogens with one attached hydrogen (secondary N) is 2. The van der Waals surface area contributed by atoms with Crippen LogP contribution in [0.15, 0.2) is 42.5 Å². The predicted octanol–water partition coefficient (Wildman–Crippen LogP) is 4.84. The lowest BCUT2D eigenvalue weighted by molar-refractivity contribution is -0.384. The van der Waals surface area contributed by atoms with E-state index >= 15 is 0 Å². The van der Waals surface area contributed by atoms with Crippen LogP contribution in [0, 0.1) is 10.1 Å². The van der Waals surface area contributed by atoms with Crippen LogP contribution in [0.1, 0.15) is 54.9 Å². The van der Waals surface area contributed by atoms with Crippen molar-refractivity contribution in [2.45, 2.75) is 39.0 Å². The molecule has 1 unspecified atom stereocenters. The van der Waals surface area contributed by atoms with E-state index in [1.165, 1.54) is 6.07 Å². The highest BCUT2D eigenvalue weighted by Crippen LogP contribution is 2.31. The third-order valence-electron chi connectivity index (χ3n) is 5.46. The highest BCUT2D eigenvalue weighted by molar-refractivity contribution is 7.80. The van der Waals surface area contributed by atoms with Crippen molar-refractivity contribution in [3.8, 4) is 0 Å². The van der Waals surface area contributed by atoms with Crippen LogP contribution in [0.2, 0.25) is 0 Å². The number of anilines is 2. The molecule has 7 nitrogen and oxygen atoms in total. The summed E-state index contributed by atoms with van der Waals surface area (Å²) in [6, 6.07) is 12.4. The van der Waals surface area contributed by atoms with Gasteiger partial charge in [-0.1, -0.05) is 32.0 Å². The van der Waals surface area contributed by atoms with Crippen molar-refractivity contribution >= 4 is 40.3 Å². The van der Waals surface area contributed by atoms with Gasteiger partial charge in [-0.05, 0) is 61.2 Å². The fourth-order valence-electron chi connectivity index (χ4n) is 3.63. The summed E-state index contributed by atoms with van der Waals surface area (Å²) < 4.78 is 0. The van der Waals surface area contributed by atoms with Gasteiger partial charge < -0.3 is 10.2 Å². The lowest BCUT2D eigenvalue weighted by atomic mass is 9.97. The van der Waals surface area contributed by atoms with E-state index in [4.69, 9.17) is 12.2 Å². The molecule has 3 rings (SSSR count). The molecular formula is C22H26N4O3S. The van der Waals surface area contributed by atoms with Gasteiger partial charge in [-0.15, -0.1) is 0 Å². The Morgan fingerprint density at radius 2 is 1.93 bits per heavy atom. The van der Waals surface area contributed by atoms with E-state index in [9.17, 15) is 14.9 Å². The van der Waals surface area contributed by atoms with Crippen molar-refractivity contribution in [3.05, 3.63) is 63.7 Å². The topological polar surface area (TPSA) is 87.5 Å². The first-order valence-corrected chi connectivity index (χ1v) is 10.6. The van der Waals surface area contributed by atoms with E-state index < -0.39 is 10.8 Å². The number of nitro benzene ring substituents is 1. The van der Waals surface area contributed by atoms with Crippen LogP contribution in [0.3, 0.4) is 0 Å². The number of hydrogen-bond donors (Lipinski definition) is 2. The van der Waals surface area contributed by atoms with Gasteiger partial charge >= 0.3 is 0 Å². The molecule has 30 heavy (non-hydrogen) atoms. The molecule has 1 heterocycles. The smallest absolute Gasteiger partial charge is 0.293 e. The maximum atomic E-state index is 12.7. The molecule has 1 aliphatic heterocycles. The number of carbonyl (C=O) groups is 1. The summed E-state index contributed by atoms with van der Waals surface area (Å²) in [5.74, 6) is -0.141. The molecule has 2 N–H and O–H groups in total. The fourth-order valence-corrected chi connectivity index (χ4v) is 3.83. The van der Waals surface area contributed by atoms with E-state index in [0.717, 1.165) is 43.6 Å². The van der Waals surface area contributed by atoms with Crippen LogP contribution in [0.4, 0.5) is 17.1 Å². The Morgan fingerprint density at radius 1 is 1.23 bits per heavy atom. The SMILES string of the molecule is CCC(C)c1ccccc1NC(=S)NC(=O)c1ccc(N2CCCC2)c([N+](=O)[O-])c1. The molecule has 2 aromatic carbocycles. The van der Waals surface area contributed by atoms with Crippen LogP contribution < -0.4 is 15.5 Å². The molecule has 0 spiro atoms. The summed E-state index contributed by atoms with van der Waals surface area (Å²) in [7, 11) is 0. The van der Waals surface area contributed by atoms with Crippen molar-refractivity contribution in [2.24, 2.45) is 0 Å². The summed E-state index contributed by atoms with van der Waals surface area (Å²) in [6.07, 6.45) is 3.00. The Bertz CT molecular complexity index is 957. The monoisotopic (exact) mass is 426 g/mol. The van der Waals surface area contributed by atoms with E-state index in [0.29, 0.717) is 11.6 Å². The standard InChI is InChI=1S/C22H26N4O3S/c1-3-15(2)17-8-4-5-9-18(17)23-22(30)24-21(27)16-10-11-19(20(14-16)26(28)29)25-12-6-7-13-25/h4-5,8-11,14-15H,3,6-7,12-13H2,1-2H3,(H2,23,24,27,30). The number of carbonyl (C=O) groups excluding carboxylic acids is 1. The number of nitrogens with zero attached hydrogens (tertiary/aromatic N) is 2. The second-order valence-electron chi connectivity index (χ2n) is 7.46. The van der Waals surface area contributed by atoms with Crippen molar-refractivity contribution in [3.63, 3.8) is 0 Å². The van der Waals surface area contributed by atoms with Crippen molar-refractivity contribution in [1.29, 1.82) is 0 Å². The van der Waals surface area contributed by atoms with Crippen molar-refractivity contribution < 1.29 is 9.72 Å². The minimum Gasteiger partial charge on any atom is -0.366 e. The average molecular weight is 427 g/mol. The van der Waals surface area contributed by atoms with Crippen LogP contribution in [-0.2, 0) is 0 Å². The second kappa shape index (κ2) is 9.67. The molecule has 0 bridgehead atoms. The Kier molecular flexibility index (Phi) is 6.99. The van der Waals surface area contributed by atoms with Gasteiger partial charge in [-0.3, -0.25) is 20.2 Å². The number of amides is 1. The number of thiocarbonyl (C=S) groups is 1. The van der Waals surface area contributed by atoms with Gasteiger partial charge in [0.15, 0.2) is 5.11 Å². The molecule has 1 aliphatic rings. The highest BCUT2D eigenvalue weighted by Gasteiger charge is 2.24. The van der Waals surface area contributed by atoms with Crippen LogP contribution in [-0.4, -0.2) is 29.0 Å². The molecule has 2 aromatic rings. The van der Waals surface area contributed by atoms with E-state index in [2.05, 4.69) is 24.5 Å². The summed E-state index contributed by atoms with van der Waals surface area (Å²) >= 11 is 5.31. The molecule has 8 heteroatoms. The van der Waals surface area contributed by atoms with Crippen LogP contribution in [0.25, 0.3) is 0 Å². The molecule has 0 aromatic heterocycles. The van der Waals surface area contributed by atoms with Gasteiger partial charge in [0, 0.05) is 30.4 Å². The minimum atomic E-state index is -0.482. The number of hydrogen-bond acceptors (Lipinski definition) is 5. The zero-order valence-corrected chi connectivity index (χ0v) is 18.0. The lowest BCUT2D eigenvalue weighted by Crippen LogP contribution is -2.34. The molecule has 0 saturated carbocycles. The Balaban J connectivity index is 1.74. The summed E-state index contributed by atoms with van der Waals surface area (Å²) in [6.45, 7) is 5.81. The molecule has 1 fully saturated rings. The molecule has 158 valence electrons. The zero-order valence-electron chi connectivity index (χ0n) is 17.2. The molecule has 0 aliphatic carbocycles. The van der Waals surface area contributed by atoms with E-state index in [1.807, 2.05) is 29.2 Å². The molecular weight excluding hydrogens is 400 g/mol. The third-order valence-corrected chi connectivity index (χ3v) is 5.66. The Hall–Kier alpha value is -3.00. The Labute approximate surface area is 181 Å². The van der Waals surface area contributed by atoms with Gasteiger partial charge in [0.25, 0.3) is 11.6 Å². The predicted molar refractivity (Wildman–Crippen MR) is 123 cm³/mol. The van der Waals surface area contributed by atoms with E-state index in [1.54, 1.807) is 12.1 Å². The normalized spacial score (nSPS) is 14.3. The summed E-state index contributed by atoms with van der Waals surface area (Å²) in [5.41, 5.74) is 2.64. The second-order valence-corrected chi connectivity index (χ2v) is 7.87. The largest absolute Gasteiger partial charge is 0.366 e. The first kappa shape index (κ1) is 21.7. The highest BCUT2D eigenvalue weighted by atomic mass is 32.1. The summed E-state index contributed by atoms with van der Waals surface area (Å²) in [5, 5.41) is 17.4. The van der Waals surface area contributed by atoms with Gasteiger partial charge in [0.05, 0.1) is 4.92 Å².